The lowest BCUT2D eigenvalue weighted by atomic mass is 10.0. The Balaban J connectivity index is 2.04. The molecule has 0 aromatic heterocycles. The van der Waals surface area contributed by atoms with Crippen LogP contribution in [0.5, 0.6) is 0 Å². The minimum atomic E-state index is -1.91. The number of benzene rings is 1. The van der Waals surface area contributed by atoms with Crippen LogP contribution < -0.4 is 0 Å². The normalized spacial score (nSPS) is 13.3. The summed E-state index contributed by atoms with van der Waals surface area (Å²) in [6.45, 7) is 5.37. The highest BCUT2D eigenvalue weighted by Crippen LogP contribution is 2.32. The third-order valence-electron chi connectivity index (χ3n) is 6.89. The SMILES string of the molecule is CCCCCCCCCCCCCCCCCCOCC(COP(O)OCCN(C)C)OCc1ccccc1. The van der Waals surface area contributed by atoms with Gasteiger partial charge in [-0.05, 0) is 26.1 Å². The van der Waals surface area contributed by atoms with Gasteiger partial charge in [0.25, 0.3) is 0 Å². The fraction of sp³-hybridized carbons (Fsp3) is 0.812. The quantitative estimate of drug-likeness (QED) is 0.0769. The van der Waals surface area contributed by atoms with Crippen molar-refractivity contribution in [3.63, 3.8) is 0 Å². The Morgan fingerprint density at radius 1 is 0.692 bits per heavy atom. The molecule has 0 radical (unpaired) electrons. The maximum atomic E-state index is 10.0. The van der Waals surface area contributed by atoms with E-state index in [2.05, 4.69) is 6.92 Å². The van der Waals surface area contributed by atoms with Crippen molar-refractivity contribution in [3.8, 4) is 0 Å². The summed E-state index contributed by atoms with van der Waals surface area (Å²) in [5, 5.41) is 0. The van der Waals surface area contributed by atoms with Gasteiger partial charge >= 0.3 is 8.60 Å². The van der Waals surface area contributed by atoms with Crippen LogP contribution in [0.1, 0.15) is 115 Å². The first-order valence-corrected chi connectivity index (χ1v) is 16.9. The van der Waals surface area contributed by atoms with Crippen molar-refractivity contribution in [1.82, 2.24) is 4.90 Å². The standard InChI is InChI=1S/C32H60NO5P/c1-4-5-6-7-8-9-10-11-12-13-14-15-16-17-18-22-26-35-29-32(36-28-31-23-20-19-21-24-31)30-38-39(34)37-27-25-33(2)3/h19-21,23-24,32,34H,4-18,22,25-30H2,1-3H3. The first-order valence-electron chi connectivity index (χ1n) is 15.7. The molecule has 0 aliphatic heterocycles. The Morgan fingerprint density at radius 3 is 1.77 bits per heavy atom. The van der Waals surface area contributed by atoms with E-state index in [-0.39, 0.29) is 12.7 Å². The van der Waals surface area contributed by atoms with Crippen molar-refractivity contribution < 1.29 is 23.4 Å². The second-order valence-electron chi connectivity index (χ2n) is 11.0. The predicted octanol–water partition coefficient (Wildman–Crippen LogP) is 8.66. The third kappa shape index (κ3) is 24.9. The first-order chi connectivity index (χ1) is 19.1. The molecule has 0 aliphatic carbocycles. The second kappa shape index (κ2) is 27.6. The van der Waals surface area contributed by atoms with E-state index < -0.39 is 8.60 Å². The van der Waals surface area contributed by atoms with Gasteiger partial charge in [0.2, 0.25) is 0 Å². The maximum absolute atomic E-state index is 10.0. The van der Waals surface area contributed by atoms with E-state index in [1.807, 2.05) is 49.3 Å². The number of hydrogen-bond donors (Lipinski definition) is 1. The molecule has 1 rings (SSSR count). The van der Waals surface area contributed by atoms with Crippen LogP contribution in [0.15, 0.2) is 30.3 Å². The fourth-order valence-corrected chi connectivity index (χ4v) is 4.99. The Hall–Kier alpha value is -0.590. The minimum Gasteiger partial charge on any atom is -0.379 e. The summed E-state index contributed by atoms with van der Waals surface area (Å²) in [6, 6.07) is 10.1. The van der Waals surface area contributed by atoms with Gasteiger partial charge in [0.1, 0.15) is 6.10 Å². The number of likely N-dealkylation sites (N-methyl/N-ethyl adjacent to an activating group) is 1. The molecule has 0 spiro atoms. The molecule has 1 aromatic carbocycles. The monoisotopic (exact) mass is 569 g/mol. The van der Waals surface area contributed by atoms with Gasteiger partial charge in [0.05, 0.1) is 26.4 Å². The van der Waals surface area contributed by atoms with Gasteiger partial charge in [-0.2, -0.15) is 0 Å². The van der Waals surface area contributed by atoms with E-state index >= 15 is 0 Å². The minimum absolute atomic E-state index is 0.246. The van der Waals surface area contributed by atoms with E-state index in [1.165, 1.54) is 96.3 Å². The van der Waals surface area contributed by atoms with Crippen molar-refractivity contribution in [1.29, 1.82) is 0 Å². The van der Waals surface area contributed by atoms with E-state index in [0.717, 1.165) is 25.1 Å². The van der Waals surface area contributed by atoms with Crippen LogP contribution in [0, 0.1) is 0 Å². The molecule has 0 fully saturated rings. The molecular weight excluding hydrogens is 509 g/mol. The van der Waals surface area contributed by atoms with E-state index in [4.69, 9.17) is 18.5 Å². The van der Waals surface area contributed by atoms with E-state index in [0.29, 0.717) is 19.8 Å². The van der Waals surface area contributed by atoms with Crippen LogP contribution in [0.3, 0.4) is 0 Å². The first kappa shape index (κ1) is 36.4. The lowest BCUT2D eigenvalue weighted by Crippen LogP contribution is -2.25. The molecule has 0 saturated carbocycles. The number of nitrogens with zero attached hydrogens (tertiary/aromatic N) is 1. The maximum Gasteiger partial charge on any atom is 0.329 e. The van der Waals surface area contributed by atoms with Crippen molar-refractivity contribution in [3.05, 3.63) is 35.9 Å². The summed E-state index contributed by atoms with van der Waals surface area (Å²) in [4.78, 5) is 12.0. The van der Waals surface area contributed by atoms with Crippen molar-refractivity contribution in [2.75, 3.05) is 47.1 Å². The molecule has 2 atom stereocenters. The van der Waals surface area contributed by atoms with Gasteiger partial charge in [-0.25, -0.2) is 0 Å². The second-order valence-corrected chi connectivity index (χ2v) is 12.0. The molecule has 228 valence electrons. The molecule has 0 bridgehead atoms. The summed E-state index contributed by atoms with van der Waals surface area (Å²) in [7, 11) is 2.02. The van der Waals surface area contributed by atoms with Crippen LogP contribution >= 0.6 is 8.60 Å². The highest BCUT2D eigenvalue weighted by molar-refractivity contribution is 7.40. The summed E-state index contributed by atoms with van der Waals surface area (Å²) in [5.41, 5.74) is 1.11. The summed E-state index contributed by atoms with van der Waals surface area (Å²) in [5.74, 6) is 0. The van der Waals surface area contributed by atoms with E-state index in [9.17, 15) is 4.89 Å². The van der Waals surface area contributed by atoms with Crippen molar-refractivity contribution in [2.24, 2.45) is 0 Å². The van der Waals surface area contributed by atoms with Gasteiger partial charge in [-0.3, -0.25) is 0 Å². The van der Waals surface area contributed by atoms with E-state index in [1.54, 1.807) is 0 Å². The van der Waals surface area contributed by atoms with Crippen LogP contribution in [0.25, 0.3) is 0 Å². The topological polar surface area (TPSA) is 60.4 Å². The zero-order valence-corrected chi connectivity index (χ0v) is 26.4. The molecule has 7 heteroatoms. The average molecular weight is 570 g/mol. The highest BCUT2D eigenvalue weighted by atomic mass is 31.2. The zero-order valence-electron chi connectivity index (χ0n) is 25.5. The Morgan fingerprint density at radius 2 is 1.23 bits per heavy atom. The number of ether oxygens (including phenoxy) is 2. The van der Waals surface area contributed by atoms with Gasteiger partial charge in [0.15, 0.2) is 0 Å². The molecule has 1 N–H and O–H groups in total. The zero-order chi connectivity index (χ0) is 28.2. The molecule has 0 heterocycles. The Labute approximate surface area is 242 Å². The lowest BCUT2D eigenvalue weighted by Gasteiger charge is -2.20. The largest absolute Gasteiger partial charge is 0.379 e. The Kier molecular flexibility index (Phi) is 25.8. The smallest absolute Gasteiger partial charge is 0.329 e. The molecule has 39 heavy (non-hydrogen) atoms. The fourth-order valence-electron chi connectivity index (χ4n) is 4.39. The van der Waals surface area contributed by atoms with Gasteiger partial charge in [-0.1, -0.05) is 134 Å². The predicted molar refractivity (Wildman–Crippen MR) is 165 cm³/mol. The third-order valence-corrected chi connectivity index (χ3v) is 7.66. The summed E-state index contributed by atoms with van der Waals surface area (Å²) >= 11 is 0. The van der Waals surface area contributed by atoms with Crippen LogP contribution in [0.4, 0.5) is 0 Å². The summed E-state index contributed by atoms with van der Waals surface area (Å²) in [6.07, 6.45) is 21.6. The average Bonchev–Trinajstić information content (AvgIpc) is 2.93. The van der Waals surface area contributed by atoms with Crippen LogP contribution in [0.2, 0.25) is 0 Å². The molecular formula is C32H60NO5P. The lowest BCUT2D eigenvalue weighted by molar-refractivity contribution is -0.0478. The van der Waals surface area contributed by atoms with Gasteiger partial charge in [0, 0.05) is 13.2 Å². The molecule has 1 aromatic rings. The van der Waals surface area contributed by atoms with Gasteiger partial charge in [-0.15, -0.1) is 0 Å². The number of hydrogen-bond acceptors (Lipinski definition) is 6. The van der Waals surface area contributed by atoms with Gasteiger partial charge < -0.3 is 28.3 Å². The molecule has 0 aliphatic rings. The highest BCUT2D eigenvalue weighted by Gasteiger charge is 2.15. The molecule has 0 amide bonds. The number of rotatable bonds is 29. The Bertz CT molecular complexity index is 622. The van der Waals surface area contributed by atoms with Crippen LogP contribution in [-0.4, -0.2) is 63.0 Å². The summed E-state index contributed by atoms with van der Waals surface area (Å²) < 4.78 is 22.9. The van der Waals surface area contributed by atoms with Crippen molar-refractivity contribution >= 4 is 8.60 Å². The van der Waals surface area contributed by atoms with Crippen LogP contribution in [-0.2, 0) is 25.1 Å². The molecule has 2 unspecified atom stereocenters. The van der Waals surface area contributed by atoms with Crippen molar-refractivity contribution in [2.45, 2.75) is 122 Å². The number of unbranched alkanes of at least 4 members (excludes halogenated alkanes) is 15. The molecule has 0 saturated heterocycles. The molecule has 6 nitrogen and oxygen atoms in total.